The van der Waals surface area contributed by atoms with Crippen LogP contribution in [0.3, 0.4) is 0 Å². The SMILES string of the molecule is CC(NC(=O)C(C)C1CNC1)c1cccc(S(=O)(=O)N(C)C)c1.Cl. The van der Waals surface area contributed by atoms with E-state index < -0.39 is 10.0 Å². The summed E-state index contributed by atoms with van der Waals surface area (Å²) in [6, 6.07) is 6.48. The lowest BCUT2D eigenvalue weighted by Crippen LogP contribution is -2.49. The molecule has 1 aromatic rings. The first-order valence-corrected chi connectivity index (χ1v) is 9.21. The molecule has 2 unspecified atom stereocenters. The molecule has 1 saturated heterocycles. The fourth-order valence-corrected chi connectivity index (χ4v) is 3.42. The minimum absolute atomic E-state index is 0. The van der Waals surface area contributed by atoms with Crippen LogP contribution >= 0.6 is 12.4 Å². The summed E-state index contributed by atoms with van der Waals surface area (Å²) in [5, 5.41) is 6.14. The van der Waals surface area contributed by atoms with Gasteiger partial charge in [-0.2, -0.15) is 0 Å². The zero-order chi connectivity index (χ0) is 17.2. The molecule has 1 heterocycles. The van der Waals surface area contributed by atoms with Crippen molar-refractivity contribution in [2.24, 2.45) is 11.8 Å². The highest BCUT2D eigenvalue weighted by atomic mass is 35.5. The van der Waals surface area contributed by atoms with Crippen LogP contribution in [-0.4, -0.2) is 45.8 Å². The van der Waals surface area contributed by atoms with E-state index in [1.165, 1.54) is 18.4 Å². The minimum atomic E-state index is -3.47. The topological polar surface area (TPSA) is 78.5 Å². The van der Waals surface area contributed by atoms with Crippen LogP contribution in [0.2, 0.25) is 0 Å². The van der Waals surface area contributed by atoms with Crippen LogP contribution in [0.5, 0.6) is 0 Å². The molecule has 0 spiro atoms. The van der Waals surface area contributed by atoms with E-state index in [0.29, 0.717) is 5.92 Å². The van der Waals surface area contributed by atoms with Gasteiger partial charge in [-0.05, 0) is 43.6 Å². The predicted octanol–water partition coefficient (Wildman–Crippen LogP) is 1.39. The second-order valence-corrected chi connectivity index (χ2v) is 8.45. The molecule has 1 aliphatic heterocycles. The maximum Gasteiger partial charge on any atom is 0.242 e. The Morgan fingerprint density at radius 1 is 1.29 bits per heavy atom. The van der Waals surface area contributed by atoms with E-state index in [9.17, 15) is 13.2 Å². The fourth-order valence-electron chi connectivity index (χ4n) is 2.46. The zero-order valence-electron chi connectivity index (χ0n) is 14.4. The summed E-state index contributed by atoms with van der Waals surface area (Å²) in [7, 11) is -0.471. The molecule has 1 amide bonds. The molecule has 0 aliphatic carbocycles. The van der Waals surface area contributed by atoms with E-state index >= 15 is 0 Å². The van der Waals surface area contributed by atoms with E-state index in [4.69, 9.17) is 0 Å². The summed E-state index contributed by atoms with van der Waals surface area (Å²) < 4.78 is 25.6. The van der Waals surface area contributed by atoms with E-state index in [0.717, 1.165) is 18.7 Å². The van der Waals surface area contributed by atoms with E-state index in [1.54, 1.807) is 18.2 Å². The van der Waals surface area contributed by atoms with Crippen molar-refractivity contribution in [3.05, 3.63) is 29.8 Å². The first-order valence-electron chi connectivity index (χ1n) is 7.77. The number of hydrogen-bond donors (Lipinski definition) is 2. The number of amides is 1. The van der Waals surface area contributed by atoms with Crippen molar-refractivity contribution in [1.82, 2.24) is 14.9 Å². The van der Waals surface area contributed by atoms with Crippen LogP contribution in [0.4, 0.5) is 0 Å². The normalized spacial score (nSPS) is 17.5. The van der Waals surface area contributed by atoms with Crippen molar-refractivity contribution >= 4 is 28.3 Å². The molecule has 0 radical (unpaired) electrons. The summed E-state index contributed by atoms with van der Waals surface area (Å²) >= 11 is 0. The molecular weight excluding hydrogens is 350 g/mol. The van der Waals surface area contributed by atoms with Gasteiger partial charge in [0.1, 0.15) is 0 Å². The molecule has 2 N–H and O–H groups in total. The van der Waals surface area contributed by atoms with Gasteiger partial charge >= 0.3 is 0 Å². The van der Waals surface area contributed by atoms with Crippen LogP contribution < -0.4 is 10.6 Å². The van der Waals surface area contributed by atoms with Crippen molar-refractivity contribution in [3.63, 3.8) is 0 Å². The van der Waals surface area contributed by atoms with Gasteiger partial charge in [0.25, 0.3) is 0 Å². The Morgan fingerprint density at radius 3 is 2.42 bits per heavy atom. The first kappa shape index (κ1) is 20.9. The first-order chi connectivity index (χ1) is 10.7. The molecule has 0 bridgehead atoms. The van der Waals surface area contributed by atoms with Gasteiger partial charge in [-0.3, -0.25) is 4.79 Å². The Kier molecular flexibility index (Phi) is 7.22. The Balaban J connectivity index is 0.00000288. The summed E-state index contributed by atoms with van der Waals surface area (Å²) in [5.41, 5.74) is 0.778. The number of nitrogens with zero attached hydrogens (tertiary/aromatic N) is 1. The van der Waals surface area contributed by atoms with Crippen LogP contribution in [0.15, 0.2) is 29.2 Å². The number of halogens is 1. The maximum atomic E-state index is 12.3. The third-order valence-electron chi connectivity index (χ3n) is 4.43. The van der Waals surface area contributed by atoms with Gasteiger partial charge in [-0.1, -0.05) is 19.1 Å². The number of hydrogen-bond acceptors (Lipinski definition) is 4. The van der Waals surface area contributed by atoms with Crippen LogP contribution in [0, 0.1) is 11.8 Å². The lowest BCUT2D eigenvalue weighted by Gasteiger charge is -2.32. The molecule has 1 fully saturated rings. The average molecular weight is 376 g/mol. The van der Waals surface area contributed by atoms with E-state index in [1.807, 2.05) is 19.9 Å². The van der Waals surface area contributed by atoms with Gasteiger partial charge in [-0.15, -0.1) is 12.4 Å². The molecule has 1 aromatic carbocycles. The van der Waals surface area contributed by atoms with Gasteiger partial charge in [-0.25, -0.2) is 12.7 Å². The smallest absolute Gasteiger partial charge is 0.242 e. The largest absolute Gasteiger partial charge is 0.349 e. The van der Waals surface area contributed by atoms with Gasteiger partial charge in [0.05, 0.1) is 10.9 Å². The quantitative estimate of drug-likeness (QED) is 0.787. The number of carbonyl (C=O) groups excluding carboxylic acids is 1. The number of rotatable bonds is 6. The summed E-state index contributed by atoms with van der Waals surface area (Å²) in [5.74, 6) is 0.333. The molecule has 1 aliphatic rings. The van der Waals surface area contributed by atoms with Gasteiger partial charge in [0.15, 0.2) is 0 Å². The van der Waals surface area contributed by atoms with Crippen molar-refractivity contribution in [3.8, 4) is 0 Å². The van der Waals surface area contributed by atoms with Crippen molar-refractivity contribution in [2.75, 3.05) is 27.2 Å². The second kappa shape index (κ2) is 8.29. The Labute approximate surface area is 150 Å². The Morgan fingerprint density at radius 2 is 1.92 bits per heavy atom. The van der Waals surface area contributed by atoms with Gasteiger partial charge in [0.2, 0.25) is 15.9 Å². The van der Waals surface area contributed by atoms with Crippen molar-refractivity contribution < 1.29 is 13.2 Å². The van der Waals surface area contributed by atoms with Crippen LogP contribution in [0.1, 0.15) is 25.5 Å². The highest BCUT2D eigenvalue weighted by Crippen LogP contribution is 2.21. The molecule has 2 atom stereocenters. The molecule has 136 valence electrons. The summed E-state index contributed by atoms with van der Waals surface area (Å²) in [4.78, 5) is 12.5. The average Bonchev–Trinajstić information content (AvgIpc) is 2.45. The number of carbonyl (C=O) groups is 1. The molecule has 8 heteroatoms. The van der Waals surface area contributed by atoms with E-state index in [-0.39, 0.29) is 35.2 Å². The zero-order valence-corrected chi connectivity index (χ0v) is 16.1. The van der Waals surface area contributed by atoms with Gasteiger partial charge in [0, 0.05) is 20.0 Å². The number of benzene rings is 1. The Hall–Kier alpha value is -1.15. The highest BCUT2D eigenvalue weighted by Gasteiger charge is 2.29. The number of sulfonamides is 1. The molecule has 0 aromatic heterocycles. The van der Waals surface area contributed by atoms with Gasteiger partial charge < -0.3 is 10.6 Å². The predicted molar refractivity (Wildman–Crippen MR) is 96.6 cm³/mol. The standard InChI is InChI=1S/C16H25N3O3S.ClH/c1-11(14-9-17-10-14)16(20)18-12(2)13-6-5-7-15(8-13)23(21,22)19(3)4;/h5-8,11-12,14,17H,9-10H2,1-4H3,(H,18,20);1H. The molecule has 2 rings (SSSR count). The van der Waals surface area contributed by atoms with Crippen LogP contribution in [-0.2, 0) is 14.8 Å². The highest BCUT2D eigenvalue weighted by molar-refractivity contribution is 7.89. The van der Waals surface area contributed by atoms with Crippen molar-refractivity contribution in [2.45, 2.75) is 24.8 Å². The fraction of sp³-hybridized carbons (Fsp3) is 0.562. The second-order valence-electron chi connectivity index (χ2n) is 6.30. The monoisotopic (exact) mass is 375 g/mol. The molecule has 24 heavy (non-hydrogen) atoms. The summed E-state index contributed by atoms with van der Waals surface area (Å²) in [6.07, 6.45) is 0. The molecule has 0 saturated carbocycles. The number of nitrogens with one attached hydrogen (secondary N) is 2. The lowest BCUT2D eigenvalue weighted by atomic mass is 9.88. The molecular formula is C16H26ClN3O3S. The van der Waals surface area contributed by atoms with Crippen molar-refractivity contribution in [1.29, 1.82) is 0 Å². The summed E-state index contributed by atoms with van der Waals surface area (Å²) in [6.45, 7) is 5.55. The lowest BCUT2D eigenvalue weighted by molar-refractivity contribution is -0.127. The maximum absolute atomic E-state index is 12.3. The third-order valence-corrected chi connectivity index (χ3v) is 6.24. The van der Waals surface area contributed by atoms with E-state index in [2.05, 4.69) is 10.6 Å². The third kappa shape index (κ3) is 4.47. The Bertz CT molecular complexity index is 675. The molecule has 6 nitrogen and oxygen atoms in total. The van der Waals surface area contributed by atoms with Crippen LogP contribution in [0.25, 0.3) is 0 Å². The minimum Gasteiger partial charge on any atom is -0.349 e.